The normalized spacial score (nSPS) is 10.2. The molecule has 1 aromatic carbocycles. The zero-order valence-corrected chi connectivity index (χ0v) is 12.7. The number of aromatic nitrogens is 1. The number of thiophene rings is 1. The highest BCUT2D eigenvalue weighted by atomic mass is 32.1. The molecule has 0 fully saturated rings. The number of nitriles is 1. The molecule has 1 N–H and O–H groups in total. The summed E-state index contributed by atoms with van der Waals surface area (Å²) in [6.07, 6.45) is 0. The Morgan fingerprint density at radius 2 is 2.14 bits per heavy atom. The van der Waals surface area contributed by atoms with Crippen molar-refractivity contribution in [3.05, 3.63) is 53.0 Å². The molecule has 3 rings (SSSR count). The lowest BCUT2D eigenvalue weighted by atomic mass is 10.2. The zero-order valence-electron chi connectivity index (χ0n) is 11.9. The van der Waals surface area contributed by atoms with Crippen LogP contribution < -0.4 is 10.1 Å². The molecule has 0 radical (unpaired) electrons. The highest BCUT2D eigenvalue weighted by Gasteiger charge is 2.14. The van der Waals surface area contributed by atoms with E-state index in [4.69, 9.17) is 14.4 Å². The second kappa shape index (κ2) is 6.33. The Morgan fingerprint density at radius 1 is 1.32 bits per heavy atom. The van der Waals surface area contributed by atoms with E-state index in [0.717, 1.165) is 16.2 Å². The van der Waals surface area contributed by atoms with Gasteiger partial charge in [-0.2, -0.15) is 10.2 Å². The Morgan fingerprint density at radius 3 is 2.77 bits per heavy atom. The minimum atomic E-state index is 0.261. The van der Waals surface area contributed by atoms with Crippen LogP contribution in [-0.4, -0.2) is 12.1 Å². The number of nitrogens with zero attached hydrogens (tertiary/aromatic N) is 2. The fourth-order valence-corrected chi connectivity index (χ4v) is 2.60. The van der Waals surface area contributed by atoms with Crippen molar-refractivity contribution in [3.8, 4) is 22.6 Å². The summed E-state index contributed by atoms with van der Waals surface area (Å²) < 4.78 is 10.8. The maximum atomic E-state index is 9.17. The van der Waals surface area contributed by atoms with Gasteiger partial charge in [0.25, 0.3) is 0 Å². The molecular weight excluding hydrogens is 298 g/mol. The largest absolute Gasteiger partial charge is 0.497 e. The minimum Gasteiger partial charge on any atom is -0.497 e. The van der Waals surface area contributed by atoms with Crippen molar-refractivity contribution in [1.29, 1.82) is 5.26 Å². The van der Waals surface area contributed by atoms with Gasteiger partial charge in [0, 0.05) is 6.54 Å². The molecule has 6 heteroatoms. The van der Waals surface area contributed by atoms with Gasteiger partial charge in [0.1, 0.15) is 11.8 Å². The number of anilines is 1. The molecule has 2 heterocycles. The quantitative estimate of drug-likeness (QED) is 0.774. The second-order valence-corrected chi connectivity index (χ2v) is 5.44. The predicted octanol–water partition coefficient (Wildman–Crippen LogP) is 3.90. The average molecular weight is 311 g/mol. The van der Waals surface area contributed by atoms with Crippen molar-refractivity contribution in [1.82, 2.24) is 4.98 Å². The molecule has 0 unspecified atom stereocenters. The third-order valence-electron chi connectivity index (χ3n) is 3.08. The van der Waals surface area contributed by atoms with Gasteiger partial charge in [-0.1, -0.05) is 18.2 Å². The standard InChI is InChI=1S/C16H13N3O2S/c1-20-12-6-4-11(5-7-12)10-18-15-13(9-17)19-16(21-15)14-3-2-8-22-14/h2-8,18H,10H2,1H3. The summed E-state index contributed by atoms with van der Waals surface area (Å²) in [6.45, 7) is 0.539. The Hall–Kier alpha value is -2.78. The summed E-state index contributed by atoms with van der Waals surface area (Å²) in [5, 5.41) is 14.2. The molecular formula is C16H13N3O2S. The van der Waals surface area contributed by atoms with E-state index >= 15 is 0 Å². The fourth-order valence-electron chi connectivity index (χ4n) is 1.95. The van der Waals surface area contributed by atoms with Crippen LogP contribution in [0, 0.1) is 11.3 Å². The van der Waals surface area contributed by atoms with Gasteiger partial charge >= 0.3 is 0 Å². The second-order valence-electron chi connectivity index (χ2n) is 4.49. The number of hydrogen-bond donors (Lipinski definition) is 1. The molecule has 0 saturated carbocycles. The number of rotatable bonds is 5. The summed E-state index contributed by atoms with van der Waals surface area (Å²) in [5.74, 6) is 1.66. The van der Waals surface area contributed by atoms with Crippen LogP contribution in [0.25, 0.3) is 10.8 Å². The van der Waals surface area contributed by atoms with Gasteiger partial charge in [0.15, 0.2) is 0 Å². The van der Waals surface area contributed by atoms with Crippen LogP contribution in [0.1, 0.15) is 11.3 Å². The molecule has 2 aromatic heterocycles. The van der Waals surface area contributed by atoms with Gasteiger partial charge in [-0.15, -0.1) is 11.3 Å². The van der Waals surface area contributed by atoms with E-state index in [1.807, 2.05) is 47.8 Å². The lowest BCUT2D eigenvalue weighted by Crippen LogP contribution is -1.99. The van der Waals surface area contributed by atoms with Crippen LogP contribution in [0.2, 0.25) is 0 Å². The molecule has 5 nitrogen and oxygen atoms in total. The first-order valence-corrected chi connectivity index (χ1v) is 7.49. The van der Waals surface area contributed by atoms with Crippen LogP contribution >= 0.6 is 11.3 Å². The highest BCUT2D eigenvalue weighted by molar-refractivity contribution is 7.13. The number of methoxy groups -OCH3 is 1. The van der Waals surface area contributed by atoms with E-state index in [0.29, 0.717) is 18.3 Å². The average Bonchev–Trinajstić information content (AvgIpc) is 3.22. The molecule has 0 atom stereocenters. The van der Waals surface area contributed by atoms with E-state index in [1.54, 1.807) is 7.11 Å². The predicted molar refractivity (Wildman–Crippen MR) is 84.9 cm³/mol. The molecule has 0 aliphatic heterocycles. The van der Waals surface area contributed by atoms with Gasteiger partial charge < -0.3 is 14.5 Å². The van der Waals surface area contributed by atoms with Crippen molar-refractivity contribution in [2.24, 2.45) is 0 Å². The zero-order chi connectivity index (χ0) is 15.4. The van der Waals surface area contributed by atoms with E-state index in [-0.39, 0.29) is 5.69 Å². The van der Waals surface area contributed by atoms with Crippen LogP contribution in [0.3, 0.4) is 0 Å². The molecule has 22 heavy (non-hydrogen) atoms. The summed E-state index contributed by atoms with van der Waals surface area (Å²) >= 11 is 1.52. The van der Waals surface area contributed by atoms with Gasteiger partial charge in [0.05, 0.1) is 12.0 Å². The number of benzene rings is 1. The van der Waals surface area contributed by atoms with Crippen LogP contribution in [-0.2, 0) is 6.54 Å². The highest BCUT2D eigenvalue weighted by Crippen LogP contribution is 2.28. The summed E-state index contributed by atoms with van der Waals surface area (Å²) in [7, 11) is 1.63. The van der Waals surface area contributed by atoms with E-state index < -0.39 is 0 Å². The van der Waals surface area contributed by atoms with Gasteiger partial charge in [-0.3, -0.25) is 0 Å². The van der Waals surface area contributed by atoms with Crippen LogP contribution in [0.15, 0.2) is 46.2 Å². The summed E-state index contributed by atoms with van der Waals surface area (Å²) in [6, 6.07) is 13.6. The molecule has 110 valence electrons. The lowest BCUT2D eigenvalue weighted by molar-refractivity contribution is 0.414. The van der Waals surface area contributed by atoms with Crippen LogP contribution in [0.5, 0.6) is 5.75 Å². The maximum absolute atomic E-state index is 9.17. The number of oxazole rings is 1. The number of nitrogens with one attached hydrogen (secondary N) is 1. The van der Waals surface area contributed by atoms with Gasteiger partial charge in [-0.25, -0.2) is 0 Å². The molecule has 0 aliphatic rings. The first-order chi connectivity index (χ1) is 10.8. The lowest BCUT2D eigenvalue weighted by Gasteiger charge is -2.04. The Bertz CT molecular complexity index is 786. The maximum Gasteiger partial charge on any atom is 0.240 e. The van der Waals surface area contributed by atoms with Crippen LogP contribution in [0.4, 0.5) is 5.88 Å². The van der Waals surface area contributed by atoms with Gasteiger partial charge in [0.2, 0.25) is 17.5 Å². The van der Waals surface area contributed by atoms with Gasteiger partial charge in [-0.05, 0) is 29.1 Å². The summed E-state index contributed by atoms with van der Waals surface area (Å²) in [5.41, 5.74) is 1.32. The molecule has 0 amide bonds. The Balaban J connectivity index is 1.75. The Labute approximate surface area is 131 Å². The molecule has 0 spiro atoms. The molecule has 0 saturated heterocycles. The monoisotopic (exact) mass is 311 g/mol. The van der Waals surface area contributed by atoms with E-state index in [9.17, 15) is 0 Å². The molecule has 0 bridgehead atoms. The fraction of sp³-hybridized carbons (Fsp3) is 0.125. The smallest absolute Gasteiger partial charge is 0.240 e. The van der Waals surface area contributed by atoms with Crippen molar-refractivity contribution in [2.75, 3.05) is 12.4 Å². The summed E-state index contributed by atoms with van der Waals surface area (Å²) in [4.78, 5) is 5.11. The third kappa shape index (κ3) is 2.95. The SMILES string of the molecule is COc1ccc(CNc2oc(-c3cccs3)nc2C#N)cc1. The molecule has 0 aliphatic carbocycles. The first-order valence-electron chi connectivity index (χ1n) is 6.62. The third-order valence-corrected chi connectivity index (χ3v) is 3.94. The topological polar surface area (TPSA) is 71.1 Å². The molecule has 3 aromatic rings. The minimum absolute atomic E-state index is 0.261. The van der Waals surface area contributed by atoms with Crippen molar-refractivity contribution < 1.29 is 9.15 Å². The number of hydrogen-bond acceptors (Lipinski definition) is 6. The van der Waals surface area contributed by atoms with Crippen molar-refractivity contribution in [3.63, 3.8) is 0 Å². The number of ether oxygens (including phenoxy) is 1. The van der Waals surface area contributed by atoms with Crippen molar-refractivity contribution in [2.45, 2.75) is 6.54 Å². The van der Waals surface area contributed by atoms with E-state index in [2.05, 4.69) is 10.3 Å². The van der Waals surface area contributed by atoms with Crippen molar-refractivity contribution >= 4 is 17.2 Å². The first kappa shape index (κ1) is 14.2. The Kier molecular flexibility index (Phi) is 4.08. The van der Waals surface area contributed by atoms with E-state index in [1.165, 1.54) is 11.3 Å².